The summed E-state index contributed by atoms with van der Waals surface area (Å²) < 4.78 is 88.1. The van der Waals surface area contributed by atoms with Gasteiger partial charge in [-0.05, 0) is 54.2 Å². The summed E-state index contributed by atoms with van der Waals surface area (Å²) in [5.74, 6) is 0. The van der Waals surface area contributed by atoms with Gasteiger partial charge in [-0.2, -0.15) is 13.2 Å². The average Bonchev–Trinajstić information content (AvgIpc) is 2.71. The Morgan fingerprint density at radius 1 is 1.08 bits per heavy atom. The van der Waals surface area contributed by atoms with Crippen molar-refractivity contribution in [3.8, 4) is 0 Å². The van der Waals surface area contributed by atoms with Gasteiger partial charge in [0, 0.05) is 12.9 Å². The topological polar surface area (TPSA) is 12.0 Å². The minimum Gasteiger partial charge on any atom is -0.310 e. The van der Waals surface area contributed by atoms with Gasteiger partial charge in [-0.1, -0.05) is 60.7 Å². The van der Waals surface area contributed by atoms with Crippen molar-refractivity contribution < 1.29 is 21.4 Å². The fourth-order valence-corrected chi connectivity index (χ4v) is 2.74. The minimum absolute atomic E-state index is 0.163. The number of aryl methyl sites for hydroxylation is 1. The van der Waals surface area contributed by atoms with Gasteiger partial charge in [-0.3, -0.25) is 0 Å². The first-order chi connectivity index (χ1) is 14.8. The fraction of sp³-hybridized carbons (Fsp3) is 0.273. The molecule has 136 valence electrons. The first-order valence-electron chi connectivity index (χ1n) is 11.2. The normalized spacial score (nSPS) is 18.7. The van der Waals surface area contributed by atoms with Gasteiger partial charge in [0.05, 0.1) is 6.93 Å². The van der Waals surface area contributed by atoms with Gasteiger partial charge >= 0.3 is 6.18 Å². The van der Waals surface area contributed by atoms with Crippen LogP contribution in [0.25, 0.3) is 10.8 Å². The Balaban J connectivity index is 1.87. The number of nitrogens with one attached hydrogen (secondary N) is 1. The van der Waals surface area contributed by atoms with E-state index < -0.39 is 31.0 Å². The predicted molar refractivity (Wildman–Crippen MR) is 100 cm³/mol. The maximum absolute atomic E-state index is 13.0. The Morgan fingerprint density at radius 2 is 1.85 bits per heavy atom. The van der Waals surface area contributed by atoms with Crippen LogP contribution in [0.2, 0.25) is 0 Å². The molecule has 0 saturated heterocycles. The molecular weight excluding hydrogens is 335 g/mol. The molecule has 0 fully saturated rings. The number of rotatable bonds is 6. The van der Waals surface area contributed by atoms with Crippen LogP contribution in [0.4, 0.5) is 13.2 Å². The van der Waals surface area contributed by atoms with E-state index in [1.54, 1.807) is 36.4 Å². The zero-order valence-electron chi connectivity index (χ0n) is 19.9. The maximum Gasteiger partial charge on any atom is 0.416 e. The molecule has 1 nitrogen and oxygen atoms in total. The van der Waals surface area contributed by atoms with Crippen LogP contribution in [0.5, 0.6) is 0 Å². The molecule has 0 aromatic heterocycles. The quantitative estimate of drug-likeness (QED) is 0.554. The molecular formula is C22H22F3N. The van der Waals surface area contributed by atoms with Crippen LogP contribution >= 0.6 is 0 Å². The van der Waals surface area contributed by atoms with E-state index in [2.05, 4.69) is 5.32 Å². The molecule has 0 aliphatic rings. The van der Waals surface area contributed by atoms with Crippen LogP contribution in [0.1, 0.15) is 44.2 Å². The molecule has 0 heterocycles. The summed E-state index contributed by atoms with van der Waals surface area (Å²) in [4.78, 5) is 0. The largest absolute Gasteiger partial charge is 0.416 e. The van der Waals surface area contributed by atoms with Gasteiger partial charge in [0.25, 0.3) is 0 Å². The highest BCUT2D eigenvalue weighted by molar-refractivity contribution is 5.86. The summed E-state index contributed by atoms with van der Waals surface area (Å²) in [5.41, 5.74) is -0.904. The summed E-state index contributed by atoms with van der Waals surface area (Å²) in [6.07, 6.45) is -7.09. The molecule has 26 heavy (non-hydrogen) atoms. The molecule has 0 aliphatic carbocycles. The van der Waals surface area contributed by atoms with Gasteiger partial charge in [0.2, 0.25) is 0 Å². The van der Waals surface area contributed by atoms with E-state index in [0.29, 0.717) is 5.39 Å². The lowest BCUT2D eigenvalue weighted by Crippen LogP contribution is -2.20. The third kappa shape index (κ3) is 4.44. The van der Waals surface area contributed by atoms with Crippen molar-refractivity contribution >= 4 is 10.8 Å². The molecule has 0 radical (unpaired) electrons. The summed E-state index contributed by atoms with van der Waals surface area (Å²) in [5, 5.41) is 3.99. The highest BCUT2D eigenvalue weighted by atomic mass is 19.4. The Labute approximate surface area is 160 Å². The average molecular weight is 363 g/mol. The molecule has 0 spiro atoms. The van der Waals surface area contributed by atoms with E-state index in [1.807, 2.05) is 0 Å². The Hall–Kier alpha value is -2.33. The van der Waals surface area contributed by atoms with Crippen molar-refractivity contribution in [1.82, 2.24) is 5.32 Å². The number of fused-ring (bicyclic) bond motifs is 1. The second-order valence-electron chi connectivity index (χ2n) is 5.83. The van der Waals surface area contributed by atoms with Crippen molar-refractivity contribution in [1.29, 1.82) is 0 Å². The summed E-state index contributed by atoms with van der Waals surface area (Å²) in [6.45, 7) is -3.03. The predicted octanol–water partition coefficient (Wildman–Crippen LogP) is 6.14. The molecule has 3 aromatic carbocycles. The molecule has 0 aliphatic heterocycles. The van der Waals surface area contributed by atoms with E-state index in [0.717, 1.165) is 23.6 Å². The first kappa shape index (κ1) is 12.1. The second kappa shape index (κ2) is 7.92. The summed E-state index contributed by atoms with van der Waals surface area (Å²) >= 11 is 0. The highest BCUT2D eigenvalue weighted by Gasteiger charge is 2.30. The summed E-state index contributed by atoms with van der Waals surface area (Å²) in [7, 11) is 0. The number of alkyl halides is 3. The van der Waals surface area contributed by atoms with Gasteiger partial charge in [0.1, 0.15) is 0 Å². The van der Waals surface area contributed by atoms with E-state index in [-0.39, 0.29) is 24.1 Å². The highest BCUT2D eigenvalue weighted by Crippen LogP contribution is 2.29. The van der Waals surface area contributed by atoms with Crippen molar-refractivity contribution in [2.75, 3.05) is 6.54 Å². The minimum atomic E-state index is -4.60. The standard InChI is InChI=1S/C22H22F3N/c1-16(20-13-5-10-18-9-2-3-12-21(18)20)26-14-6-8-17-7-4-11-19(15-17)22(23,24)25/h2-5,7,9-13,15-16,26H,6,8,14H2,1H3/i1D3,8D2,16D. The van der Waals surface area contributed by atoms with Crippen molar-refractivity contribution in [3.63, 3.8) is 0 Å². The fourth-order valence-electron chi connectivity index (χ4n) is 2.74. The molecule has 3 aromatic rings. The smallest absolute Gasteiger partial charge is 0.310 e. The van der Waals surface area contributed by atoms with Crippen LogP contribution < -0.4 is 5.32 Å². The molecule has 0 bridgehead atoms. The van der Waals surface area contributed by atoms with Gasteiger partial charge < -0.3 is 5.32 Å². The van der Waals surface area contributed by atoms with Crippen molar-refractivity contribution in [2.24, 2.45) is 0 Å². The second-order valence-corrected chi connectivity index (χ2v) is 5.83. The molecule has 1 N–H and O–H groups in total. The van der Waals surface area contributed by atoms with Crippen LogP contribution in [0.3, 0.4) is 0 Å². The zero-order valence-corrected chi connectivity index (χ0v) is 13.9. The maximum atomic E-state index is 13.0. The first-order valence-corrected chi connectivity index (χ1v) is 8.17. The van der Waals surface area contributed by atoms with Gasteiger partial charge in [-0.25, -0.2) is 0 Å². The van der Waals surface area contributed by atoms with E-state index >= 15 is 0 Å². The molecule has 0 amide bonds. The van der Waals surface area contributed by atoms with Gasteiger partial charge in [0.15, 0.2) is 0 Å². The van der Waals surface area contributed by atoms with Crippen LogP contribution in [-0.2, 0) is 12.5 Å². The Morgan fingerprint density at radius 3 is 2.65 bits per heavy atom. The Kier molecular flexibility index (Phi) is 3.69. The molecule has 3 rings (SSSR count). The number of benzene rings is 3. The number of hydrogen-bond acceptors (Lipinski definition) is 1. The molecule has 0 saturated carbocycles. The van der Waals surface area contributed by atoms with E-state index in [9.17, 15) is 13.2 Å². The van der Waals surface area contributed by atoms with Gasteiger partial charge in [-0.15, -0.1) is 0 Å². The van der Waals surface area contributed by atoms with Crippen LogP contribution in [-0.4, -0.2) is 6.54 Å². The molecule has 4 heteroatoms. The molecule has 1 unspecified atom stereocenters. The lowest BCUT2D eigenvalue weighted by molar-refractivity contribution is -0.137. The SMILES string of the molecule is [2H]C([2H])(CCNC([2H])(c1cccc2ccccc12)C([2H])([2H])[2H])c1cccc(C(F)(F)F)c1. The van der Waals surface area contributed by atoms with E-state index in [1.165, 1.54) is 12.1 Å². The van der Waals surface area contributed by atoms with Crippen LogP contribution in [0, 0.1) is 0 Å². The van der Waals surface area contributed by atoms with Crippen molar-refractivity contribution in [3.05, 3.63) is 83.4 Å². The summed E-state index contributed by atoms with van der Waals surface area (Å²) in [6, 6.07) is 13.8. The lowest BCUT2D eigenvalue weighted by atomic mass is 9.99. The molecule has 1 atom stereocenters. The lowest BCUT2D eigenvalue weighted by Gasteiger charge is -2.17. The van der Waals surface area contributed by atoms with Crippen LogP contribution in [0.15, 0.2) is 66.7 Å². The van der Waals surface area contributed by atoms with Crippen molar-refractivity contribution in [2.45, 2.75) is 31.8 Å². The third-order valence-electron chi connectivity index (χ3n) is 4.00. The Bertz CT molecular complexity index is 1090. The number of hydrogen-bond donors (Lipinski definition) is 1. The number of halogens is 3. The zero-order chi connectivity index (χ0) is 23.8. The monoisotopic (exact) mass is 363 g/mol. The van der Waals surface area contributed by atoms with E-state index in [4.69, 9.17) is 8.22 Å². The third-order valence-corrected chi connectivity index (χ3v) is 4.00.